The van der Waals surface area contributed by atoms with Crippen molar-refractivity contribution < 1.29 is 9.53 Å². The highest BCUT2D eigenvalue weighted by Crippen LogP contribution is 2.18. The number of amides is 1. The molecule has 2 aromatic carbocycles. The summed E-state index contributed by atoms with van der Waals surface area (Å²) in [6.45, 7) is 4.20. The fourth-order valence-electron chi connectivity index (χ4n) is 2.76. The lowest BCUT2D eigenvalue weighted by atomic mass is 10.1. The van der Waals surface area contributed by atoms with Crippen LogP contribution in [0.1, 0.15) is 22.5 Å². The summed E-state index contributed by atoms with van der Waals surface area (Å²) in [5.74, 6) is 0.201. The highest BCUT2D eigenvalue weighted by atomic mass is 79.9. The second kappa shape index (κ2) is 9.26. The fourth-order valence-corrected chi connectivity index (χ4v) is 3.03. The lowest BCUT2D eigenvalue weighted by Gasteiger charge is -2.11. The molecule has 0 aliphatic heterocycles. The number of aryl methyl sites for hydroxylation is 2. The Hall–Kier alpha value is -3.30. The number of nitriles is 1. The smallest absolute Gasteiger partial charge is 0.280 e. The van der Waals surface area contributed by atoms with Crippen LogP contribution < -0.4 is 10.2 Å². The third kappa shape index (κ3) is 5.37. The van der Waals surface area contributed by atoms with Crippen molar-refractivity contribution in [2.75, 3.05) is 5.43 Å². The van der Waals surface area contributed by atoms with Crippen LogP contribution in [-0.4, -0.2) is 10.6 Å². The van der Waals surface area contributed by atoms with Crippen LogP contribution in [0.25, 0.3) is 6.08 Å². The van der Waals surface area contributed by atoms with Crippen LogP contribution in [-0.2, 0) is 11.4 Å². The van der Waals surface area contributed by atoms with Crippen molar-refractivity contribution in [2.45, 2.75) is 20.5 Å². The van der Waals surface area contributed by atoms with Crippen LogP contribution >= 0.6 is 15.9 Å². The molecule has 29 heavy (non-hydrogen) atoms. The van der Waals surface area contributed by atoms with Crippen LogP contribution in [0.3, 0.4) is 0 Å². The molecule has 0 unspecified atom stereocenters. The van der Waals surface area contributed by atoms with E-state index in [0.29, 0.717) is 17.9 Å². The van der Waals surface area contributed by atoms with E-state index in [1.807, 2.05) is 74.5 Å². The molecule has 6 heteroatoms. The minimum atomic E-state index is -0.462. The molecule has 3 aromatic rings. The number of benzene rings is 2. The van der Waals surface area contributed by atoms with Crippen molar-refractivity contribution in [3.63, 3.8) is 0 Å². The Bertz CT molecular complexity index is 1070. The number of hydrogen-bond acceptors (Lipinski definition) is 3. The Labute approximate surface area is 178 Å². The van der Waals surface area contributed by atoms with Gasteiger partial charge < -0.3 is 4.74 Å². The van der Waals surface area contributed by atoms with E-state index in [2.05, 4.69) is 21.4 Å². The van der Waals surface area contributed by atoms with Crippen molar-refractivity contribution in [3.05, 3.63) is 93.2 Å². The SMILES string of the molecule is Cc1ccc(C)n1NC(=O)/C(C#N)=C\c1cccc(OCc2ccc(Br)cc2)c1. The normalized spacial score (nSPS) is 11.0. The Morgan fingerprint density at radius 2 is 1.83 bits per heavy atom. The van der Waals surface area contributed by atoms with Crippen molar-refractivity contribution >= 4 is 27.9 Å². The van der Waals surface area contributed by atoms with Gasteiger partial charge in [-0.05, 0) is 67.4 Å². The van der Waals surface area contributed by atoms with E-state index in [0.717, 1.165) is 21.4 Å². The maximum absolute atomic E-state index is 12.5. The zero-order valence-corrected chi connectivity index (χ0v) is 17.7. The second-order valence-electron chi connectivity index (χ2n) is 6.55. The van der Waals surface area contributed by atoms with Crippen LogP contribution in [0.15, 0.2) is 70.7 Å². The van der Waals surface area contributed by atoms with Crippen molar-refractivity contribution in [1.82, 2.24) is 4.68 Å². The largest absolute Gasteiger partial charge is 0.489 e. The predicted molar refractivity (Wildman–Crippen MR) is 117 cm³/mol. The number of halogens is 1. The quantitative estimate of drug-likeness (QED) is 0.419. The topological polar surface area (TPSA) is 67.0 Å². The average molecular weight is 450 g/mol. The molecule has 0 saturated heterocycles. The van der Waals surface area contributed by atoms with E-state index in [-0.39, 0.29) is 5.57 Å². The zero-order valence-electron chi connectivity index (χ0n) is 16.1. The molecule has 0 aliphatic carbocycles. The van der Waals surface area contributed by atoms with Gasteiger partial charge in [0.2, 0.25) is 0 Å². The Morgan fingerprint density at radius 1 is 1.14 bits per heavy atom. The van der Waals surface area contributed by atoms with Gasteiger partial charge in [-0.2, -0.15) is 5.26 Å². The van der Waals surface area contributed by atoms with Gasteiger partial charge in [0.25, 0.3) is 5.91 Å². The van der Waals surface area contributed by atoms with E-state index in [9.17, 15) is 10.1 Å². The minimum Gasteiger partial charge on any atom is -0.489 e. The van der Waals surface area contributed by atoms with E-state index in [4.69, 9.17) is 4.74 Å². The first-order chi connectivity index (χ1) is 14.0. The lowest BCUT2D eigenvalue weighted by Crippen LogP contribution is -2.25. The summed E-state index contributed by atoms with van der Waals surface area (Å²) in [5, 5.41) is 9.45. The van der Waals surface area contributed by atoms with E-state index in [1.165, 1.54) is 0 Å². The van der Waals surface area contributed by atoms with Crippen LogP contribution in [0.4, 0.5) is 0 Å². The molecule has 0 fully saturated rings. The standard InChI is InChI=1S/C23H20BrN3O2/c1-16-6-7-17(2)27(16)26-23(28)20(14-25)12-19-4-3-5-22(13-19)29-15-18-8-10-21(24)11-9-18/h3-13H,15H2,1-2H3,(H,26,28)/b20-12-. The Morgan fingerprint density at radius 3 is 2.48 bits per heavy atom. The number of ether oxygens (including phenoxy) is 1. The van der Waals surface area contributed by atoms with Crippen LogP contribution in [0, 0.1) is 25.2 Å². The number of nitrogens with one attached hydrogen (secondary N) is 1. The molecule has 0 bridgehead atoms. The van der Waals surface area contributed by atoms with Gasteiger partial charge >= 0.3 is 0 Å². The molecule has 1 amide bonds. The van der Waals surface area contributed by atoms with Crippen molar-refractivity contribution in [3.8, 4) is 11.8 Å². The number of nitrogens with zero attached hydrogens (tertiary/aromatic N) is 2. The summed E-state index contributed by atoms with van der Waals surface area (Å²) < 4.78 is 8.51. The first-order valence-corrected chi connectivity index (χ1v) is 9.81. The third-order valence-electron chi connectivity index (χ3n) is 4.34. The van der Waals surface area contributed by atoms with Gasteiger partial charge in [-0.25, -0.2) is 0 Å². The molecule has 0 spiro atoms. The summed E-state index contributed by atoms with van der Waals surface area (Å²) in [6.07, 6.45) is 1.55. The molecule has 1 N–H and O–H groups in total. The second-order valence-corrected chi connectivity index (χ2v) is 7.47. The highest BCUT2D eigenvalue weighted by Gasteiger charge is 2.12. The van der Waals surface area contributed by atoms with Gasteiger partial charge in [0.15, 0.2) is 0 Å². The number of rotatable bonds is 6. The number of aromatic nitrogens is 1. The van der Waals surface area contributed by atoms with Gasteiger partial charge in [0.05, 0.1) is 0 Å². The molecule has 1 aromatic heterocycles. The summed E-state index contributed by atoms with van der Waals surface area (Å²) in [4.78, 5) is 12.5. The maximum atomic E-state index is 12.5. The Balaban J connectivity index is 1.72. The van der Waals surface area contributed by atoms with Gasteiger partial charge in [-0.15, -0.1) is 0 Å². The molecule has 0 saturated carbocycles. The molecule has 0 atom stereocenters. The van der Waals surface area contributed by atoms with Gasteiger partial charge in [-0.1, -0.05) is 40.2 Å². The maximum Gasteiger partial charge on any atom is 0.280 e. The monoisotopic (exact) mass is 449 g/mol. The van der Waals surface area contributed by atoms with Gasteiger partial charge in [0, 0.05) is 15.9 Å². The molecule has 0 aliphatic rings. The van der Waals surface area contributed by atoms with Crippen molar-refractivity contribution in [1.29, 1.82) is 5.26 Å². The van der Waals surface area contributed by atoms with Crippen LogP contribution in [0.5, 0.6) is 5.75 Å². The average Bonchev–Trinajstić information content (AvgIpc) is 3.04. The van der Waals surface area contributed by atoms with Gasteiger partial charge in [-0.3, -0.25) is 14.9 Å². The van der Waals surface area contributed by atoms with Crippen LogP contribution in [0.2, 0.25) is 0 Å². The van der Waals surface area contributed by atoms with E-state index >= 15 is 0 Å². The molecule has 1 heterocycles. The molecular weight excluding hydrogens is 430 g/mol. The number of carbonyl (C=O) groups excluding carboxylic acids is 1. The lowest BCUT2D eigenvalue weighted by molar-refractivity contribution is -0.113. The Kier molecular flexibility index (Phi) is 6.53. The van der Waals surface area contributed by atoms with Crippen molar-refractivity contribution in [2.24, 2.45) is 0 Å². The fraction of sp³-hybridized carbons (Fsp3) is 0.130. The summed E-state index contributed by atoms with van der Waals surface area (Å²) in [5.41, 5.74) is 6.29. The van der Waals surface area contributed by atoms with Gasteiger partial charge in [0.1, 0.15) is 24.0 Å². The molecule has 3 rings (SSSR count). The molecule has 5 nitrogen and oxygen atoms in total. The molecule has 146 valence electrons. The third-order valence-corrected chi connectivity index (χ3v) is 4.87. The zero-order chi connectivity index (χ0) is 20.8. The molecular formula is C23H20BrN3O2. The molecule has 0 radical (unpaired) electrons. The summed E-state index contributed by atoms with van der Waals surface area (Å²) in [7, 11) is 0. The first kappa shape index (κ1) is 20.4. The minimum absolute atomic E-state index is 0.0163. The number of carbonyl (C=O) groups is 1. The first-order valence-electron chi connectivity index (χ1n) is 9.01. The highest BCUT2D eigenvalue weighted by molar-refractivity contribution is 9.10. The summed E-state index contributed by atoms with van der Waals surface area (Å²) in [6, 6.07) is 21.0. The number of hydrogen-bond donors (Lipinski definition) is 1. The van der Waals surface area contributed by atoms with E-state index < -0.39 is 5.91 Å². The predicted octanol–water partition coefficient (Wildman–Crippen LogP) is 5.12. The van der Waals surface area contributed by atoms with E-state index in [1.54, 1.807) is 16.8 Å². The summed E-state index contributed by atoms with van der Waals surface area (Å²) >= 11 is 3.41.